The molecule has 0 spiro atoms. The highest BCUT2D eigenvalue weighted by atomic mass is 19.1. The molecule has 1 saturated heterocycles. The van der Waals surface area contributed by atoms with Crippen molar-refractivity contribution in [3.8, 4) is 11.4 Å². The van der Waals surface area contributed by atoms with Crippen LogP contribution in [0.5, 0.6) is 0 Å². The van der Waals surface area contributed by atoms with Crippen LogP contribution in [-0.2, 0) is 13.0 Å². The number of aromatic nitrogens is 4. The van der Waals surface area contributed by atoms with Gasteiger partial charge in [-0.05, 0) is 37.1 Å². The molecule has 2 unspecified atom stereocenters. The molecular weight excluding hydrogens is 364 g/mol. The van der Waals surface area contributed by atoms with Crippen molar-refractivity contribution in [1.29, 1.82) is 0 Å². The lowest BCUT2D eigenvalue weighted by Gasteiger charge is -2.28. The Bertz CT molecular complexity index is 1050. The third-order valence-corrected chi connectivity index (χ3v) is 5.57. The summed E-state index contributed by atoms with van der Waals surface area (Å²) in [5, 5.41) is 8.66. The normalized spacial score (nSPS) is 20.7. The minimum Gasteiger partial charge on any atom is -0.330 e. The molecule has 1 fully saturated rings. The highest BCUT2D eigenvalue weighted by Gasteiger charge is 2.42. The lowest BCUT2D eigenvalue weighted by molar-refractivity contribution is 0.0661. The zero-order valence-electron chi connectivity index (χ0n) is 14.9. The first kappa shape index (κ1) is 17.0. The lowest BCUT2D eigenvalue weighted by atomic mass is 10.1. The first-order chi connectivity index (χ1) is 13.6. The van der Waals surface area contributed by atoms with E-state index in [-0.39, 0.29) is 17.6 Å². The molecule has 0 N–H and O–H groups in total. The predicted molar refractivity (Wildman–Crippen MR) is 96.3 cm³/mol. The van der Waals surface area contributed by atoms with Gasteiger partial charge in [0.2, 0.25) is 0 Å². The number of hydrogen-bond donors (Lipinski definition) is 0. The van der Waals surface area contributed by atoms with Crippen molar-refractivity contribution in [2.45, 2.75) is 37.9 Å². The van der Waals surface area contributed by atoms with E-state index in [0.29, 0.717) is 13.0 Å². The second-order valence-corrected chi connectivity index (χ2v) is 7.22. The fourth-order valence-corrected chi connectivity index (χ4v) is 4.28. The maximum absolute atomic E-state index is 14.2. The minimum absolute atomic E-state index is 0.0749. The van der Waals surface area contributed by atoms with Crippen LogP contribution in [0.25, 0.3) is 11.4 Å². The zero-order chi connectivity index (χ0) is 19.3. The number of carbonyl (C=O) groups is 1. The van der Waals surface area contributed by atoms with Gasteiger partial charge >= 0.3 is 0 Å². The maximum atomic E-state index is 14.2. The Hall–Kier alpha value is -3.16. The predicted octanol–water partition coefficient (Wildman–Crippen LogP) is 2.85. The molecular formula is C20H17F2N5O. The van der Waals surface area contributed by atoms with Crippen molar-refractivity contribution in [2.75, 3.05) is 0 Å². The number of hydrogen-bond acceptors (Lipinski definition) is 4. The number of amides is 1. The van der Waals surface area contributed by atoms with Crippen LogP contribution in [-0.4, -0.2) is 42.6 Å². The molecule has 4 heterocycles. The number of rotatable bonds is 2. The maximum Gasteiger partial charge on any atom is 0.257 e. The summed E-state index contributed by atoms with van der Waals surface area (Å²) in [5.74, 6) is -0.393. The fraction of sp³-hybridized carbons (Fsp3) is 0.300. The number of halogens is 2. The summed E-state index contributed by atoms with van der Waals surface area (Å²) >= 11 is 0. The molecule has 1 amide bonds. The zero-order valence-corrected chi connectivity index (χ0v) is 14.9. The van der Waals surface area contributed by atoms with Crippen molar-refractivity contribution in [2.24, 2.45) is 0 Å². The summed E-state index contributed by atoms with van der Waals surface area (Å²) in [6.07, 6.45) is 5.63. The van der Waals surface area contributed by atoms with Crippen LogP contribution in [0.15, 0.2) is 42.7 Å². The Labute approximate surface area is 159 Å². The largest absolute Gasteiger partial charge is 0.330 e. The van der Waals surface area contributed by atoms with E-state index in [1.54, 1.807) is 17.3 Å². The van der Waals surface area contributed by atoms with Crippen molar-refractivity contribution < 1.29 is 13.6 Å². The summed E-state index contributed by atoms with van der Waals surface area (Å²) in [6.45, 7) is 0.539. The van der Waals surface area contributed by atoms with Crippen molar-refractivity contribution in [1.82, 2.24) is 24.6 Å². The SMILES string of the molecule is O=C(c1ccc(F)cc1F)N1C2CCC1Cn1c(nnc1-c1cccnc1)C2. The van der Waals surface area contributed by atoms with Gasteiger partial charge in [-0.25, -0.2) is 8.78 Å². The van der Waals surface area contributed by atoms with Gasteiger partial charge in [0.05, 0.1) is 11.6 Å². The molecule has 2 aliphatic heterocycles. The van der Waals surface area contributed by atoms with Gasteiger partial charge in [0.15, 0.2) is 5.82 Å². The highest BCUT2D eigenvalue weighted by molar-refractivity contribution is 5.95. The van der Waals surface area contributed by atoms with Gasteiger partial charge in [0, 0.05) is 43.0 Å². The van der Waals surface area contributed by atoms with Crippen LogP contribution in [0.4, 0.5) is 8.78 Å². The van der Waals surface area contributed by atoms with Crippen LogP contribution in [0, 0.1) is 11.6 Å². The van der Waals surface area contributed by atoms with Gasteiger partial charge in [-0.2, -0.15) is 0 Å². The number of nitrogens with zero attached hydrogens (tertiary/aromatic N) is 5. The van der Waals surface area contributed by atoms with E-state index in [1.165, 1.54) is 6.07 Å². The quantitative estimate of drug-likeness (QED) is 0.685. The molecule has 2 bridgehead atoms. The van der Waals surface area contributed by atoms with E-state index in [9.17, 15) is 13.6 Å². The lowest BCUT2D eigenvalue weighted by Crippen LogP contribution is -2.42. The van der Waals surface area contributed by atoms with Gasteiger partial charge in [0.25, 0.3) is 5.91 Å². The molecule has 3 aromatic rings. The molecule has 0 saturated carbocycles. The highest BCUT2D eigenvalue weighted by Crippen LogP contribution is 2.34. The molecule has 2 aromatic heterocycles. The van der Waals surface area contributed by atoms with E-state index < -0.39 is 17.5 Å². The second-order valence-electron chi connectivity index (χ2n) is 7.22. The van der Waals surface area contributed by atoms with E-state index in [2.05, 4.69) is 15.2 Å². The van der Waals surface area contributed by atoms with Crippen molar-refractivity contribution in [3.05, 3.63) is 65.7 Å². The topological polar surface area (TPSA) is 63.9 Å². The molecule has 0 aliphatic carbocycles. The van der Waals surface area contributed by atoms with Crippen molar-refractivity contribution in [3.63, 3.8) is 0 Å². The standard InChI is InChI=1S/C20H17F2N5O/c21-13-3-6-16(17(22)8-13)20(28)27-14-4-5-15(27)11-26-18(9-14)24-25-19(26)12-2-1-7-23-10-12/h1-3,6-8,10,14-15H,4-5,9,11H2. The first-order valence-electron chi connectivity index (χ1n) is 9.22. The summed E-state index contributed by atoms with van der Waals surface area (Å²) in [7, 11) is 0. The van der Waals surface area contributed by atoms with Gasteiger partial charge in [-0.3, -0.25) is 9.78 Å². The molecule has 2 aliphatic rings. The van der Waals surface area contributed by atoms with Crippen LogP contribution < -0.4 is 0 Å². The number of carbonyl (C=O) groups excluding carboxylic acids is 1. The number of pyridine rings is 1. The smallest absolute Gasteiger partial charge is 0.257 e. The monoisotopic (exact) mass is 381 g/mol. The van der Waals surface area contributed by atoms with E-state index >= 15 is 0 Å². The summed E-state index contributed by atoms with van der Waals surface area (Å²) < 4.78 is 29.5. The summed E-state index contributed by atoms with van der Waals surface area (Å²) in [5.41, 5.74) is 0.768. The fourth-order valence-electron chi connectivity index (χ4n) is 4.28. The Morgan fingerprint density at radius 1 is 1.11 bits per heavy atom. The van der Waals surface area contributed by atoms with Crippen LogP contribution >= 0.6 is 0 Å². The van der Waals surface area contributed by atoms with E-state index in [0.717, 1.165) is 42.2 Å². The molecule has 142 valence electrons. The summed E-state index contributed by atoms with van der Waals surface area (Å²) in [6, 6.07) is 6.69. The van der Waals surface area contributed by atoms with E-state index in [4.69, 9.17) is 0 Å². The average Bonchev–Trinajstić information content (AvgIpc) is 3.21. The molecule has 0 radical (unpaired) electrons. The Balaban J connectivity index is 1.50. The van der Waals surface area contributed by atoms with Crippen molar-refractivity contribution >= 4 is 5.91 Å². The second kappa shape index (κ2) is 6.47. The number of benzene rings is 1. The third kappa shape index (κ3) is 2.67. The molecule has 8 heteroatoms. The first-order valence-corrected chi connectivity index (χ1v) is 9.22. The Morgan fingerprint density at radius 2 is 1.96 bits per heavy atom. The summed E-state index contributed by atoms with van der Waals surface area (Å²) in [4.78, 5) is 19.0. The minimum atomic E-state index is -0.830. The van der Waals surface area contributed by atoms with Gasteiger partial charge in [-0.15, -0.1) is 10.2 Å². The molecule has 6 nitrogen and oxygen atoms in total. The Morgan fingerprint density at radius 3 is 2.75 bits per heavy atom. The van der Waals surface area contributed by atoms with Gasteiger partial charge < -0.3 is 9.47 Å². The average molecular weight is 381 g/mol. The van der Waals surface area contributed by atoms with Crippen LogP contribution in [0.3, 0.4) is 0 Å². The van der Waals surface area contributed by atoms with E-state index in [1.807, 2.05) is 16.7 Å². The number of fused-ring (bicyclic) bond motifs is 3. The molecule has 1 aromatic carbocycles. The molecule has 5 rings (SSSR count). The Kier molecular flexibility index (Phi) is 3.92. The third-order valence-electron chi connectivity index (χ3n) is 5.57. The molecule has 2 atom stereocenters. The van der Waals surface area contributed by atoms with Crippen LogP contribution in [0.2, 0.25) is 0 Å². The van der Waals surface area contributed by atoms with Gasteiger partial charge in [-0.1, -0.05) is 0 Å². The van der Waals surface area contributed by atoms with Crippen LogP contribution in [0.1, 0.15) is 29.0 Å². The molecule has 28 heavy (non-hydrogen) atoms. The van der Waals surface area contributed by atoms with Gasteiger partial charge in [0.1, 0.15) is 17.5 Å².